The first-order valence-electron chi connectivity index (χ1n) is 11.0. The van der Waals surface area contributed by atoms with Gasteiger partial charge >= 0.3 is 0 Å². The molecule has 0 spiro atoms. The van der Waals surface area contributed by atoms with Crippen molar-refractivity contribution in [2.24, 2.45) is 5.92 Å². The number of aldehydes is 1. The summed E-state index contributed by atoms with van der Waals surface area (Å²) in [6, 6.07) is 21.7. The smallest absolute Gasteiger partial charge is 0.145 e. The Balaban J connectivity index is 1.46. The molecule has 0 amide bonds. The lowest BCUT2D eigenvalue weighted by Gasteiger charge is -2.27. The second-order valence-electron chi connectivity index (χ2n) is 8.25. The Morgan fingerprint density at radius 3 is 2.18 bits per heavy atom. The maximum absolute atomic E-state index is 12.1. The number of carbonyl (C=O) groups is 1. The standard InChI is InChI=1S/C26H24ClN3O3/c27-25-21-11-12-30(26(21)29-17-28-25)22-13-20(14-31)23(32-15-18-7-3-1-4-8-18)24(22)33-16-19-9-5-2-6-10-19/h1-12,14,17,20,22-24H,13,15-16H2/t20-,22-,23-,24+/m1/s1. The number of nitrogens with zero attached hydrogens (tertiary/aromatic N) is 3. The molecular weight excluding hydrogens is 438 g/mol. The van der Waals surface area contributed by atoms with Crippen LogP contribution in [0.2, 0.25) is 5.15 Å². The second kappa shape index (κ2) is 9.83. The number of carbonyl (C=O) groups excluding carboxylic acids is 1. The van der Waals surface area contributed by atoms with Gasteiger partial charge in [-0.1, -0.05) is 72.3 Å². The number of rotatable bonds is 8. The molecule has 6 nitrogen and oxygen atoms in total. The molecule has 7 heteroatoms. The normalized spacial score (nSPS) is 22.6. The molecule has 1 fully saturated rings. The summed E-state index contributed by atoms with van der Waals surface area (Å²) in [7, 11) is 0. The van der Waals surface area contributed by atoms with E-state index in [0.717, 1.165) is 28.4 Å². The minimum absolute atomic E-state index is 0.131. The van der Waals surface area contributed by atoms with Crippen molar-refractivity contribution in [3.05, 3.63) is 95.5 Å². The van der Waals surface area contributed by atoms with Crippen LogP contribution in [0.1, 0.15) is 23.6 Å². The zero-order valence-corrected chi connectivity index (χ0v) is 18.7. The van der Waals surface area contributed by atoms with Gasteiger partial charge in [0.2, 0.25) is 0 Å². The zero-order valence-electron chi connectivity index (χ0n) is 18.0. The van der Waals surface area contributed by atoms with Crippen LogP contribution >= 0.6 is 11.6 Å². The first-order valence-corrected chi connectivity index (χ1v) is 11.4. The van der Waals surface area contributed by atoms with Crippen molar-refractivity contribution in [3.63, 3.8) is 0 Å². The quantitative estimate of drug-likeness (QED) is 0.272. The third-order valence-electron chi connectivity index (χ3n) is 6.20. The maximum atomic E-state index is 12.1. The number of halogens is 1. The van der Waals surface area contributed by atoms with E-state index >= 15 is 0 Å². The Morgan fingerprint density at radius 1 is 0.909 bits per heavy atom. The van der Waals surface area contributed by atoms with Crippen LogP contribution in [-0.4, -0.2) is 33.0 Å². The van der Waals surface area contributed by atoms with E-state index in [2.05, 4.69) is 9.97 Å². The largest absolute Gasteiger partial charge is 0.370 e. The molecule has 2 aromatic heterocycles. The molecule has 2 heterocycles. The second-order valence-corrected chi connectivity index (χ2v) is 8.61. The molecule has 2 aromatic carbocycles. The van der Waals surface area contributed by atoms with E-state index in [9.17, 15) is 4.79 Å². The highest BCUT2D eigenvalue weighted by Gasteiger charge is 2.46. The van der Waals surface area contributed by atoms with Gasteiger partial charge in [-0.2, -0.15) is 0 Å². The summed E-state index contributed by atoms with van der Waals surface area (Å²) in [6.45, 7) is 0.835. The van der Waals surface area contributed by atoms with Crippen molar-refractivity contribution < 1.29 is 14.3 Å². The average Bonchev–Trinajstić information content (AvgIpc) is 3.44. The molecule has 0 aliphatic heterocycles. The maximum Gasteiger partial charge on any atom is 0.145 e. The fourth-order valence-electron chi connectivity index (χ4n) is 4.58. The molecule has 1 aliphatic rings. The molecule has 1 saturated carbocycles. The Bertz CT molecular complexity index is 1220. The topological polar surface area (TPSA) is 66.2 Å². The highest BCUT2D eigenvalue weighted by molar-refractivity contribution is 6.33. The van der Waals surface area contributed by atoms with Gasteiger partial charge in [0.05, 0.1) is 30.7 Å². The Labute approximate surface area is 197 Å². The van der Waals surface area contributed by atoms with Crippen molar-refractivity contribution in [1.29, 1.82) is 0 Å². The van der Waals surface area contributed by atoms with Crippen LogP contribution in [0, 0.1) is 5.92 Å². The van der Waals surface area contributed by atoms with Crippen LogP contribution in [-0.2, 0) is 27.5 Å². The first kappa shape index (κ1) is 21.8. The minimum atomic E-state index is -0.383. The van der Waals surface area contributed by atoms with Crippen molar-refractivity contribution in [3.8, 4) is 0 Å². The molecule has 4 aromatic rings. The van der Waals surface area contributed by atoms with E-state index in [0.29, 0.717) is 24.8 Å². The molecular formula is C26H24ClN3O3. The zero-order chi connectivity index (χ0) is 22.6. The summed E-state index contributed by atoms with van der Waals surface area (Å²) in [5.41, 5.74) is 2.84. The van der Waals surface area contributed by atoms with Crippen LogP contribution < -0.4 is 0 Å². The van der Waals surface area contributed by atoms with Gasteiger partial charge in [-0.25, -0.2) is 9.97 Å². The lowest BCUT2D eigenvalue weighted by atomic mass is 10.1. The third-order valence-corrected chi connectivity index (χ3v) is 6.50. The summed E-state index contributed by atoms with van der Waals surface area (Å²) in [4.78, 5) is 20.6. The van der Waals surface area contributed by atoms with Gasteiger partial charge in [-0.15, -0.1) is 0 Å². The molecule has 4 atom stereocenters. The summed E-state index contributed by atoms with van der Waals surface area (Å²) >= 11 is 6.28. The van der Waals surface area contributed by atoms with Crippen molar-refractivity contribution in [2.75, 3.05) is 0 Å². The number of benzene rings is 2. The van der Waals surface area contributed by atoms with Crippen molar-refractivity contribution in [1.82, 2.24) is 14.5 Å². The highest BCUT2D eigenvalue weighted by atomic mass is 35.5. The molecule has 0 bridgehead atoms. The van der Waals surface area contributed by atoms with Crippen LogP contribution in [0.25, 0.3) is 11.0 Å². The van der Waals surface area contributed by atoms with E-state index in [1.165, 1.54) is 6.33 Å². The lowest BCUT2D eigenvalue weighted by Crippen LogP contribution is -2.35. The monoisotopic (exact) mass is 461 g/mol. The summed E-state index contributed by atoms with van der Waals surface area (Å²) in [5.74, 6) is -0.297. The van der Waals surface area contributed by atoms with Gasteiger partial charge in [0, 0.05) is 12.1 Å². The Morgan fingerprint density at radius 2 is 1.55 bits per heavy atom. The number of aromatic nitrogens is 3. The molecule has 0 radical (unpaired) electrons. The molecule has 33 heavy (non-hydrogen) atoms. The van der Waals surface area contributed by atoms with Crippen molar-refractivity contribution in [2.45, 2.75) is 37.9 Å². The van der Waals surface area contributed by atoms with E-state index in [1.54, 1.807) is 0 Å². The molecule has 168 valence electrons. The van der Waals surface area contributed by atoms with Gasteiger partial charge in [-0.05, 0) is 23.6 Å². The summed E-state index contributed by atoms with van der Waals surface area (Å²) in [6.07, 6.45) is 4.25. The number of fused-ring (bicyclic) bond motifs is 1. The average molecular weight is 462 g/mol. The lowest BCUT2D eigenvalue weighted by molar-refractivity contribution is -0.122. The van der Waals surface area contributed by atoms with Crippen molar-refractivity contribution >= 4 is 28.9 Å². The number of hydrogen-bond donors (Lipinski definition) is 0. The van der Waals surface area contributed by atoms with E-state index in [1.807, 2.05) is 77.5 Å². The fourth-order valence-corrected chi connectivity index (χ4v) is 4.77. The minimum Gasteiger partial charge on any atom is -0.370 e. The number of hydrogen-bond acceptors (Lipinski definition) is 5. The summed E-state index contributed by atoms with van der Waals surface area (Å²) in [5, 5.41) is 1.18. The predicted molar refractivity (Wildman–Crippen MR) is 126 cm³/mol. The van der Waals surface area contributed by atoms with Crippen LogP contribution in [0.15, 0.2) is 79.3 Å². The van der Waals surface area contributed by atoms with Gasteiger partial charge in [0.15, 0.2) is 0 Å². The third kappa shape index (κ3) is 4.55. The Kier molecular flexibility index (Phi) is 6.48. The van der Waals surface area contributed by atoms with Gasteiger partial charge < -0.3 is 18.8 Å². The van der Waals surface area contributed by atoms with Gasteiger partial charge in [0.1, 0.15) is 29.5 Å². The summed E-state index contributed by atoms with van der Waals surface area (Å²) < 4.78 is 14.8. The van der Waals surface area contributed by atoms with E-state index in [4.69, 9.17) is 21.1 Å². The number of ether oxygens (including phenoxy) is 2. The molecule has 0 unspecified atom stereocenters. The highest BCUT2D eigenvalue weighted by Crippen LogP contribution is 2.41. The fraction of sp³-hybridized carbons (Fsp3) is 0.269. The van der Waals surface area contributed by atoms with Gasteiger partial charge in [-0.3, -0.25) is 0 Å². The van der Waals surface area contributed by atoms with E-state index in [-0.39, 0.29) is 24.2 Å². The molecule has 0 saturated heterocycles. The Hall–Kier alpha value is -3.06. The SMILES string of the molecule is O=C[C@H]1C[C@@H](n2ccc3c(Cl)ncnc32)[C@H](OCc2ccccc2)[C@@H]1OCc1ccccc1. The van der Waals surface area contributed by atoms with E-state index < -0.39 is 0 Å². The molecule has 0 N–H and O–H groups in total. The predicted octanol–water partition coefficient (Wildman–Crippen LogP) is 5.02. The first-order chi connectivity index (χ1) is 16.2. The van der Waals surface area contributed by atoms with Crippen LogP contribution in [0.5, 0.6) is 0 Å². The van der Waals surface area contributed by atoms with Gasteiger partial charge in [0.25, 0.3) is 0 Å². The van der Waals surface area contributed by atoms with Crippen LogP contribution in [0.3, 0.4) is 0 Å². The molecule has 5 rings (SSSR count). The molecule has 1 aliphatic carbocycles. The van der Waals surface area contributed by atoms with Crippen LogP contribution in [0.4, 0.5) is 0 Å².